The molecule has 1 amide bonds. The zero-order chi connectivity index (χ0) is 17.8. The van der Waals surface area contributed by atoms with Gasteiger partial charge in [0.1, 0.15) is 17.3 Å². The van der Waals surface area contributed by atoms with E-state index in [4.69, 9.17) is 9.47 Å². The number of ether oxygens (including phenoxy) is 2. The molecule has 128 valence electrons. The summed E-state index contributed by atoms with van der Waals surface area (Å²) in [6.45, 7) is -0.217. The van der Waals surface area contributed by atoms with Crippen LogP contribution in [0.3, 0.4) is 0 Å². The normalized spacial score (nSPS) is 10.5. The molecule has 0 atom stereocenters. The molecule has 0 aliphatic rings. The number of rotatable bonds is 5. The van der Waals surface area contributed by atoms with Crippen molar-refractivity contribution in [1.29, 1.82) is 0 Å². The molecule has 6 heteroatoms. The van der Waals surface area contributed by atoms with Crippen LogP contribution in [0.5, 0.6) is 11.5 Å². The topological polar surface area (TPSA) is 47.6 Å². The summed E-state index contributed by atoms with van der Waals surface area (Å²) < 4.78 is 25.0. The Morgan fingerprint density at radius 3 is 2.48 bits per heavy atom. The van der Waals surface area contributed by atoms with Gasteiger partial charge in [0.15, 0.2) is 6.61 Å². The Morgan fingerprint density at radius 1 is 1.04 bits per heavy atom. The van der Waals surface area contributed by atoms with Crippen molar-refractivity contribution in [3.05, 3.63) is 64.9 Å². The van der Waals surface area contributed by atoms with Gasteiger partial charge in [0.25, 0.3) is 5.91 Å². The summed E-state index contributed by atoms with van der Waals surface area (Å²) >= 11 is 3.17. The third-order valence-corrected chi connectivity index (χ3v) is 4.09. The van der Waals surface area contributed by atoms with Gasteiger partial charge in [-0.25, -0.2) is 4.39 Å². The summed E-state index contributed by atoms with van der Waals surface area (Å²) in [6, 6.07) is 15.6. The molecule has 0 bridgehead atoms. The van der Waals surface area contributed by atoms with Gasteiger partial charge >= 0.3 is 0 Å². The first-order valence-electron chi connectivity index (χ1n) is 7.50. The number of nitrogens with one attached hydrogen (secondary N) is 1. The molecule has 3 aromatic rings. The van der Waals surface area contributed by atoms with Crippen molar-refractivity contribution < 1.29 is 18.7 Å². The summed E-state index contributed by atoms with van der Waals surface area (Å²) in [4.78, 5) is 12.0. The van der Waals surface area contributed by atoms with Crippen LogP contribution in [-0.2, 0) is 4.79 Å². The molecule has 0 aromatic heterocycles. The standard InChI is InChI=1S/C19H15BrFNO3/c1-24-15-5-2-12-3-6-16(9-13(12)8-15)25-11-19(23)22-18-7-4-14(20)10-17(18)21/h2-10H,11H2,1H3,(H,22,23). The molecule has 0 unspecified atom stereocenters. The van der Waals surface area contributed by atoms with Crippen LogP contribution in [0.4, 0.5) is 10.1 Å². The first-order valence-corrected chi connectivity index (χ1v) is 8.30. The Hall–Kier alpha value is -2.60. The van der Waals surface area contributed by atoms with E-state index in [1.807, 2.05) is 30.3 Å². The fraction of sp³-hybridized carbons (Fsp3) is 0.105. The molecule has 0 aliphatic heterocycles. The highest BCUT2D eigenvalue weighted by Gasteiger charge is 2.08. The lowest BCUT2D eigenvalue weighted by atomic mass is 10.1. The number of hydrogen-bond donors (Lipinski definition) is 1. The van der Waals surface area contributed by atoms with E-state index < -0.39 is 11.7 Å². The van der Waals surface area contributed by atoms with Gasteiger partial charge < -0.3 is 14.8 Å². The zero-order valence-corrected chi connectivity index (χ0v) is 15.0. The molecule has 0 spiro atoms. The van der Waals surface area contributed by atoms with Crippen LogP contribution >= 0.6 is 15.9 Å². The minimum absolute atomic E-state index is 0.111. The number of amides is 1. The Bertz CT molecular complexity index is 930. The summed E-state index contributed by atoms with van der Waals surface area (Å²) in [5, 5.41) is 4.46. The number of carbonyl (C=O) groups excluding carboxylic acids is 1. The van der Waals surface area contributed by atoms with E-state index in [0.29, 0.717) is 10.2 Å². The molecule has 0 saturated heterocycles. The van der Waals surface area contributed by atoms with Crippen LogP contribution in [0.25, 0.3) is 10.8 Å². The fourth-order valence-corrected chi connectivity index (χ4v) is 2.68. The molecule has 0 heterocycles. The van der Waals surface area contributed by atoms with Gasteiger partial charge in [-0.15, -0.1) is 0 Å². The molecule has 3 aromatic carbocycles. The lowest BCUT2D eigenvalue weighted by Gasteiger charge is -2.09. The molecule has 0 radical (unpaired) electrons. The highest BCUT2D eigenvalue weighted by atomic mass is 79.9. The van der Waals surface area contributed by atoms with Gasteiger partial charge in [-0.2, -0.15) is 0 Å². The third kappa shape index (κ3) is 4.28. The van der Waals surface area contributed by atoms with E-state index in [1.54, 1.807) is 19.2 Å². The minimum Gasteiger partial charge on any atom is -0.497 e. The predicted molar refractivity (Wildman–Crippen MR) is 98.7 cm³/mol. The molecule has 0 fully saturated rings. The number of halogens is 2. The highest BCUT2D eigenvalue weighted by molar-refractivity contribution is 9.10. The number of anilines is 1. The Kier molecular flexibility index (Phi) is 5.19. The maximum Gasteiger partial charge on any atom is 0.262 e. The largest absolute Gasteiger partial charge is 0.497 e. The molecule has 4 nitrogen and oxygen atoms in total. The van der Waals surface area contributed by atoms with Crippen LogP contribution in [0.2, 0.25) is 0 Å². The predicted octanol–water partition coefficient (Wildman–Crippen LogP) is 4.77. The highest BCUT2D eigenvalue weighted by Crippen LogP contribution is 2.25. The second-order valence-electron chi connectivity index (χ2n) is 5.34. The van der Waals surface area contributed by atoms with Crippen LogP contribution < -0.4 is 14.8 Å². The van der Waals surface area contributed by atoms with Gasteiger partial charge in [-0.05, 0) is 53.2 Å². The third-order valence-electron chi connectivity index (χ3n) is 3.59. The van der Waals surface area contributed by atoms with Crippen molar-refractivity contribution in [1.82, 2.24) is 0 Å². The molecule has 0 saturated carbocycles. The van der Waals surface area contributed by atoms with Gasteiger partial charge in [-0.3, -0.25) is 4.79 Å². The van der Waals surface area contributed by atoms with E-state index >= 15 is 0 Å². The first kappa shape index (κ1) is 17.2. The monoisotopic (exact) mass is 403 g/mol. The van der Waals surface area contributed by atoms with E-state index in [0.717, 1.165) is 16.5 Å². The van der Waals surface area contributed by atoms with Crippen molar-refractivity contribution in [3.8, 4) is 11.5 Å². The van der Waals surface area contributed by atoms with Crippen molar-refractivity contribution in [2.75, 3.05) is 19.0 Å². The summed E-state index contributed by atoms with van der Waals surface area (Å²) in [5.41, 5.74) is 0.111. The van der Waals surface area contributed by atoms with Crippen LogP contribution in [0, 0.1) is 5.82 Å². The number of carbonyl (C=O) groups is 1. The SMILES string of the molecule is COc1ccc2ccc(OCC(=O)Nc3ccc(Br)cc3F)cc2c1. The van der Waals surface area contributed by atoms with E-state index in [-0.39, 0.29) is 12.3 Å². The maximum atomic E-state index is 13.7. The van der Waals surface area contributed by atoms with Crippen molar-refractivity contribution in [2.24, 2.45) is 0 Å². The van der Waals surface area contributed by atoms with E-state index in [2.05, 4.69) is 21.2 Å². The van der Waals surface area contributed by atoms with Crippen molar-refractivity contribution in [3.63, 3.8) is 0 Å². The number of benzene rings is 3. The van der Waals surface area contributed by atoms with E-state index in [1.165, 1.54) is 12.1 Å². The van der Waals surface area contributed by atoms with E-state index in [9.17, 15) is 9.18 Å². The zero-order valence-electron chi connectivity index (χ0n) is 13.4. The van der Waals surface area contributed by atoms with Crippen molar-refractivity contribution >= 4 is 38.3 Å². The van der Waals surface area contributed by atoms with Crippen LogP contribution in [-0.4, -0.2) is 19.6 Å². The van der Waals surface area contributed by atoms with Gasteiger partial charge in [0.05, 0.1) is 12.8 Å². The molecule has 25 heavy (non-hydrogen) atoms. The first-order chi connectivity index (χ1) is 12.0. The minimum atomic E-state index is -0.513. The number of methoxy groups -OCH3 is 1. The second kappa shape index (κ2) is 7.53. The smallest absolute Gasteiger partial charge is 0.262 e. The Balaban J connectivity index is 1.66. The van der Waals surface area contributed by atoms with Gasteiger partial charge in [0, 0.05) is 4.47 Å². The molecular weight excluding hydrogens is 389 g/mol. The lowest BCUT2D eigenvalue weighted by Crippen LogP contribution is -2.20. The quantitative estimate of drug-likeness (QED) is 0.667. The molecular formula is C19H15BrFNO3. The van der Waals surface area contributed by atoms with Gasteiger partial charge in [-0.1, -0.05) is 28.1 Å². The van der Waals surface area contributed by atoms with Crippen LogP contribution in [0.15, 0.2) is 59.1 Å². The summed E-state index contributed by atoms with van der Waals surface area (Å²) in [5.74, 6) is 0.341. The summed E-state index contributed by atoms with van der Waals surface area (Å²) in [7, 11) is 1.60. The average Bonchev–Trinajstić information content (AvgIpc) is 2.61. The molecule has 1 N–H and O–H groups in total. The second-order valence-corrected chi connectivity index (χ2v) is 6.25. The Labute approximate surface area is 152 Å². The van der Waals surface area contributed by atoms with Crippen LogP contribution in [0.1, 0.15) is 0 Å². The molecule has 0 aliphatic carbocycles. The average molecular weight is 404 g/mol. The lowest BCUT2D eigenvalue weighted by molar-refractivity contribution is -0.118. The van der Waals surface area contributed by atoms with Crippen molar-refractivity contribution in [2.45, 2.75) is 0 Å². The van der Waals surface area contributed by atoms with Gasteiger partial charge in [0.2, 0.25) is 0 Å². The fourth-order valence-electron chi connectivity index (χ4n) is 2.35. The molecule has 3 rings (SSSR count). The Morgan fingerprint density at radius 2 is 1.76 bits per heavy atom. The maximum absolute atomic E-state index is 13.7. The number of hydrogen-bond acceptors (Lipinski definition) is 3. The summed E-state index contributed by atoms with van der Waals surface area (Å²) in [6.07, 6.45) is 0. The number of fused-ring (bicyclic) bond motifs is 1.